The minimum absolute atomic E-state index is 0.545. The lowest BCUT2D eigenvalue weighted by Gasteiger charge is -2.26. The standard InChI is InChI=1S/C13H25NO/c1-5-6-10(2)11(3)14-13(9-15-4)12-7-8-12/h5,10-14H,1,6-9H2,2-4H3. The van der Waals surface area contributed by atoms with Crippen LogP contribution in [-0.4, -0.2) is 25.8 Å². The van der Waals surface area contributed by atoms with Crippen LogP contribution < -0.4 is 5.32 Å². The topological polar surface area (TPSA) is 21.3 Å². The van der Waals surface area contributed by atoms with Crippen molar-refractivity contribution in [2.75, 3.05) is 13.7 Å². The molecule has 3 atom stereocenters. The summed E-state index contributed by atoms with van der Waals surface area (Å²) in [5.74, 6) is 1.50. The number of hydrogen-bond acceptors (Lipinski definition) is 2. The fraction of sp³-hybridized carbons (Fsp3) is 0.846. The third-order valence-corrected chi connectivity index (χ3v) is 3.41. The minimum atomic E-state index is 0.545. The summed E-state index contributed by atoms with van der Waals surface area (Å²) in [4.78, 5) is 0. The zero-order valence-corrected chi connectivity index (χ0v) is 10.3. The second-order valence-corrected chi connectivity index (χ2v) is 4.86. The van der Waals surface area contributed by atoms with Gasteiger partial charge in [0.05, 0.1) is 6.61 Å². The molecule has 0 aromatic rings. The Bertz CT molecular complexity index is 189. The van der Waals surface area contributed by atoms with E-state index in [-0.39, 0.29) is 0 Å². The molecular formula is C13H25NO. The number of rotatable bonds is 8. The molecule has 0 amide bonds. The van der Waals surface area contributed by atoms with Gasteiger partial charge in [0, 0.05) is 19.2 Å². The lowest BCUT2D eigenvalue weighted by Crippen LogP contribution is -2.43. The molecule has 0 aromatic heterocycles. The van der Waals surface area contributed by atoms with Crippen LogP contribution in [0.4, 0.5) is 0 Å². The van der Waals surface area contributed by atoms with Crippen molar-refractivity contribution < 1.29 is 4.74 Å². The summed E-state index contributed by atoms with van der Waals surface area (Å²) < 4.78 is 5.26. The smallest absolute Gasteiger partial charge is 0.0618 e. The first-order valence-electron chi connectivity index (χ1n) is 6.05. The molecule has 0 aliphatic heterocycles. The van der Waals surface area contributed by atoms with Crippen molar-refractivity contribution in [1.29, 1.82) is 0 Å². The summed E-state index contributed by atoms with van der Waals surface area (Å²) in [6.07, 6.45) is 5.82. The van der Waals surface area contributed by atoms with Gasteiger partial charge in [0.1, 0.15) is 0 Å². The lowest BCUT2D eigenvalue weighted by atomic mass is 9.98. The third kappa shape index (κ3) is 4.35. The van der Waals surface area contributed by atoms with Crippen LogP contribution in [0.5, 0.6) is 0 Å². The van der Waals surface area contributed by atoms with Gasteiger partial charge in [0.2, 0.25) is 0 Å². The summed E-state index contributed by atoms with van der Waals surface area (Å²) in [6, 6.07) is 1.10. The van der Waals surface area contributed by atoms with E-state index >= 15 is 0 Å². The van der Waals surface area contributed by atoms with E-state index in [1.54, 1.807) is 7.11 Å². The number of hydrogen-bond donors (Lipinski definition) is 1. The normalized spacial score (nSPS) is 22.1. The van der Waals surface area contributed by atoms with Gasteiger partial charge in [-0.05, 0) is 38.0 Å². The molecule has 1 aliphatic rings. The molecule has 0 saturated heterocycles. The van der Waals surface area contributed by atoms with Crippen LogP contribution in [-0.2, 0) is 4.74 Å². The molecule has 0 heterocycles. The van der Waals surface area contributed by atoms with Gasteiger partial charge in [-0.15, -0.1) is 6.58 Å². The largest absolute Gasteiger partial charge is 0.383 e. The summed E-state index contributed by atoms with van der Waals surface area (Å²) in [7, 11) is 1.79. The molecule has 88 valence electrons. The van der Waals surface area contributed by atoms with Gasteiger partial charge in [-0.1, -0.05) is 13.0 Å². The molecule has 1 rings (SSSR count). The maximum absolute atomic E-state index is 5.26. The van der Waals surface area contributed by atoms with Crippen LogP contribution in [0.15, 0.2) is 12.7 Å². The molecule has 2 nitrogen and oxygen atoms in total. The van der Waals surface area contributed by atoms with Crippen LogP contribution in [0.1, 0.15) is 33.1 Å². The molecule has 0 bridgehead atoms. The Morgan fingerprint density at radius 1 is 1.47 bits per heavy atom. The Morgan fingerprint density at radius 3 is 2.60 bits per heavy atom. The van der Waals surface area contributed by atoms with E-state index in [9.17, 15) is 0 Å². The summed E-state index contributed by atoms with van der Waals surface area (Å²) in [5, 5.41) is 3.69. The Kier molecular flexibility index (Phi) is 5.34. The highest BCUT2D eigenvalue weighted by molar-refractivity contribution is 4.89. The van der Waals surface area contributed by atoms with Gasteiger partial charge in [-0.3, -0.25) is 0 Å². The van der Waals surface area contributed by atoms with Crippen LogP contribution in [0.25, 0.3) is 0 Å². The number of nitrogens with one attached hydrogen (secondary N) is 1. The van der Waals surface area contributed by atoms with Crippen LogP contribution in [0.2, 0.25) is 0 Å². The fourth-order valence-electron chi connectivity index (χ4n) is 1.97. The van der Waals surface area contributed by atoms with E-state index in [1.807, 2.05) is 6.08 Å². The van der Waals surface area contributed by atoms with Crippen molar-refractivity contribution >= 4 is 0 Å². The summed E-state index contributed by atoms with van der Waals surface area (Å²) in [5.41, 5.74) is 0. The van der Waals surface area contributed by atoms with Gasteiger partial charge in [0.15, 0.2) is 0 Å². The molecule has 0 radical (unpaired) electrons. The molecule has 3 unspecified atom stereocenters. The molecule has 15 heavy (non-hydrogen) atoms. The molecule has 1 saturated carbocycles. The second kappa shape index (κ2) is 6.29. The second-order valence-electron chi connectivity index (χ2n) is 4.86. The highest BCUT2D eigenvalue weighted by Crippen LogP contribution is 2.33. The number of allylic oxidation sites excluding steroid dienone is 1. The Hall–Kier alpha value is -0.340. The zero-order valence-electron chi connectivity index (χ0n) is 10.3. The van der Waals surface area contributed by atoms with E-state index in [0.717, 1.165) is 18.9 Å². The average molecular weight is 211 g/mol. The fourth-order valence-corrected chi connectivity index (χ4v) is 1.97. The highest BCUT2D eigenvalue weighted by Gasteiger charge is 2.32. The van der Waals surface area contributed by atoms with E-state index < -0.39 is 0 Å². The number of methoxy groups -OCH3 is 1. The first kappa shape index (κ1) is 12.7. The van der Waals surface area contributed by atoms with Gasteiger partial charge in [-0.25, -0.2) is 0 Å². The molecule has 1 aliphatic carbocycles. The molecule has 0 spiro atoms. The highest BCUT2D eigenvalue weighted by atomic mass is 16.5. The first-order chi connectivity index (χ1) is 7.19. The van der Waals surface area contributed by atoms with Crippen molar-refractivity contribution in [3.05, 3.63) is 12.7 Å². The van der Waals surface area contributed by atoms with Crippen molar-refractivity contribution in [3.63, 3.8) is 0 Å². The zero-order chi connectivity index (χ0) is 11.3. The third-order valence-electron chi connectivity index (χ3n) is 3.41. The monoisotopic (exact) mass is 211 g/mol. The van der Waals surface area contributed by atoms with Gasteiger partial charge in [0.25, 0.3) is 0 Å². The minimum Gasteiger partial charge on any atom is -0.383 e. The van der Waals surface area contributed by atoms with Crippen molar-refractivity contribution in [2.24, 2.45) is 11.8 Å². The van der Waals surface area contributed by atoms with E-state index in [0.29, 0.717) is 18.0 Å². The maximum Gasteiger partial charge on any atom is 0.0618 e. The molecule has 1 fully saturated rings. The van der Waals surface area contributed by atoms with Crippen molar-refractivity contribution in [1.82, 2.24) is 5.32 Å². The molecule has 2 heteroatoms. The van der Waals surface area contributed by atoms with E-state index in [2.05, 4.69) is 25.7 Å². The maximum atomic E-state index is 5.26. The van der Waals surface area contributed by atoms with Crippen LogP contribution >= 0.6 is 0 Å². The van der Waals surface area contributed by atoms with Crippen LogP contribution in [0, 0.1) is 11.8 Å². The average Bonchev–Trinajstić information content (AvgIpc) is 3.00. The predicted molar refractivity (Wildman–Crippen MR) is 65.0 cm³/mol. The molecule has 1 N–H and O–H groups in total. The molecule has 0 aromatic carbocycles. The molecular weight excluding hydrogens is 186 g/mol. The van der Waals surface area contributed by atoms with Crippen molar-refractivity contribution in [3.8, 4) is 0 Å². The predicted octanol–water partition coefficient (Wildman–Crippen LogP) is 2.60. The van der Waals surface area contributed by atoms with Crippen molar-refractivity contribution in [2.45, 2.75) is 45.2 Å². The first-order valence-corrected chi connectivity index (χ1v) is 6.05. The van der Waals surface area contributed by atoms with Crippen LogP contribution in [0.3, 0.4) is 0 Å². The quantitative estimate of drug-likeness (QED) is 0.623. The van der Waals surface area contributed by atoms with Gasteiger partial charge in [-0.2, -0.15) is 0 Å². The Labute approximate surface area is 94.1 Å². The van der Waals surface area contributed by atoms with E-state index in [1.165, 1.54) is 12.8 Å². The SMILES string of the molecule is C=CCC(C)C(C)NC(COC)C1CC1. The summed E-state index contributed by atoms with van der Waals surface area (Å²) in [6.45, 7) is 9.17. The lowest BCUT2D eigenvalue weighted by molar-refractivity contribution is 0.147. The number of ether oxygens (including phenoxy) is 1. The van der Waals surface area contributed by atoms with E-state index in [4.69, 9.17) is 4.74 Å². The van der Waals surface area contributed by atoms with Gasteiger partial charge >= 0.3 is 0 Å². The Morgan fingerprint density at radius 2 is 2.13 bits per heavy atom. The van der Waals surface area contributed by atoms with Gasteiger partial charge < -0.3 is 10.1 Å². The Balaban J connectivity index is 2.31. The summed E-state index contributed by atoms with van der Waals surface area (Å²) >= 11 is 0.